The highest BCUT2D eigenvalue weighted by Crippen LogP contribution is 2.29. The molecule has 6 heteroatoms. The molecule has 0 aliphatic heterocycles. The summed E-state index contributed by atoms with van der Waals surface area (Å²) in [5, 5.41) is 19.7. The van der Waals surface area contributed by atoms with Gasteiger partial charge in [-0.2, -0.15) is 5.26 Å². The number of hydrogen-bond acceptors (Lipinski definition) is 5. The first-order valence-electron chi connectivity index (χ1n) is 6.28. The molecule has 2 N–H and O–H groups in total. The van der Waals surface area contributed by atoms with Gasteiger partial charge >= 0.3 is 0 Å². The highest BCUT2D eigenvalue weighted by atomic mass is 16.6. The van der Waals surface area contributed by atoms with Crippen LogP contribution >= 0.6 is 0 Å². The maximum atomic E-state index is 10.8. The van der Waals surface area contributed by atoms with Crippen molar-refractivity contribution in [1.29, 1.82) is 5.26 Å². The molecule has 108 valence electrons. The maximum absolute atomic E-state index is 10.8. The third-order valence-electron chi connectivity index (χ3n) is 2.99. The molecule has 2 unspecified atom stereocenters. The Morgan fingerprint density at radius 2 is 2.10 bits per heavy atom. The second kappa shape index (κ2) is 5.88. The number of ether oxygens (including phenoxy) is 1. The predicted octanol–water partition coefficient (Wildman–Crippen LogP) is 2.61. The van der Waals surface area contributed by atoms with Gasteiger partial charge in [0.2, 0.25) is 0 Å². The van der Waals surface area contributed by atoms with Crippen LogP contribution in [0.4, 0.5) is 5.69 Å². The molecule has 0 saturated heterocycles. The Bertz CT molecular complexity index is 562. The Morgan fingerprint density at radius 1 is 1.50 bits per heavy atom. The first kappa shape index (κ1) is 15.9. The molecule has 1 rings (SSSR count). The van der Waals surface area contributed by atoms with Crippen molar-refractivity contribution in [2.24, 2.45) is 5.73 Å². The van der Waals surface area contributed by atoms with E-state index in [1.165, 1.54) is 6.07 Å². The van der Waals surface area contributed by atoms with Crippen LogP contribution in [0.25, 0.3) is 0 Å². The summed E-state index contributed by atoms with van der Waals surface area (Å²) < 4.78 is 5.74. The van der Waals surface area contributed by atoms with Crippen LogP contribution in [0.3, 0.4) is 0 Å². The molecule has 20 heavy (non-hydrogen) atoms. The molecule has 0 aliphatic carbocycles. The van der Waals surface area contributed by atoms with Gasteiger partial charge in [-0.25, -0.2) is 0 Å². The van der Waals surface area contributed by atoms with E-state index in [0.717, 1.165) is 0 Å². The topological polar surface area (TPSA) is 102 Å². The Morgan fingerprint density at radius 3 is 2.60 bits per heavy atom. The van der Waals surface area contributed by atoms with Gasteiger partial charge in [-0.1, -0.05) is 0 Å². The van der Waals surface area contributed by atoms with E-state index >= 15 is 0 Å². The fourth-order valence-electron chi connectivity index (χ4n) is 2.00. The molecule has 0 heterocycles. The molecule has 0 bridgehead atoms. The van der Waals surface area contributed by atoms with E-state index in [2.05, 4.69) is 0 Å². The van der Waals surface area contributed by atoms with Crippen molar-refractivity contribution in [1.82, 2.24) is 0 Å². The molecule has 0 spiro atoms. The van der Waals surface area contributed by atoms with Crippen molar-refractivity contribution < 1.29 is 9.66 Å². The SMILES string of the molecule is Cc1cc([N+](=O)[O-])c(C)cc1OC(C)CC(C)(N)C#N. The minimum Gasteiger partial charge on any atom is -0.490 e. The second-order valence-electron chi connectivity index (χ2n) is 5.32. The molecular weight excluding hydrogens is 258 g/mol. The monoisotopic (exact) mass is 277 g/mol. The molecule has 0 aliphatic rings. The van der Waals surface area contributed by atoms with Crippen LogP contribution in [-0.2, 0) is 0 Å². The smallest absolute Gasteiger partial charge is 0.272 e. The highest BCUT2D eigenvalue weighted by molar-refractivity contribution is 5.49. The maximum Gasteiger partial charge on any atom is 0.272 e. The molecule has 0 radical (unpaired) electrons. The quantitative estimate of drug-likeness (QED) is 0.658. The summed E-state index contributed by atoms with van der Waals surface area (Å²) in [6.07, 6.45) is 0.114. The fourth-order valence-corrected chi connectivity index (χ4v) is 2.00. The van der Waals surface area contributed by atoms with Crippen LogP contribution in [0.1, 0.15) is 31.4 Å². The molecule has 0 aromatic heterocycles. The average Bonchev–Trinajstić information content (AvgIpc) is 2.32. The van der Waals surface area contributed by atoms with Crippen molar-refractivity contribution in [3.05, 3.63) is 33.4 Å². The van der Waals surface area contributed by atoms with Gasteiger partial charge in [0.1, 0.15) is 11.3 Å². The molecule has 2 atom stereocenters. The van der Waals surface area contributed by atoms with Gasteiger partial charge in [0.25, 0.3) is 5.69 Å². The predicted molar refractivity (Wildman–Crippen MR) is 75.5 cm³/mol. The van der Waals surface area contributed by atoms with Gasteiger partial charge < -0.3 is 10.5 Å². The van der Waals surface area contributed by atoms with Crippen LogP contribution < -0.4 is 10.5 Å². The molecule has 6 nitrogen and oxygen atoms in total. The van der Waals surface area contributed by atoms with Gasteiger partial charge in [-0.3, -0.25) is 10.1 Å². The van der Waals surface area contributed by atoms with Crippen molar-refractivity contribution in [2.45, 2.75) is 45.8 Å². The lowest BCUT2D eigenvalue weighted by Gasteiger charge is -2.22. The Balaban J connectivity index is 2.92. The molecule has 0 fully saturated rings. The zero-order chi connectivity index (χ0) is 15.5. The lowest BCUT2D eigenvalue weighted by molar-refractivity contribution is -0.385. The zero-order valence-electron chi connectivity index (χ0n) is 12.1. The summed E-state index contributed by atoms with van der Waals surface area (Å²) in [4.78, 5) is 10.4. The van der Waals surface area contributed by atoms with Crippen molar-refractivity contribution >= 4 is 5.69 Å². The van der Waals surface area contributed by atoms with Crippen molar-refractivity contribution in [3.63, 3.8) is 0 Å². The summed E-state index contributed by atoms with van der Waals surface area (Å²) >= 11 is 0. The molecule has 1 aromatic carbocycles. The minimum atomic E-state index is -0.955. The standard InChI is InChI=1S/C14H19N3O3/c1-9-6-13(10(2)5-12(9)17(18)19)20-11(3)7-14(4,16)8-15/h5-6,11H,7,16H2,1-4H3. The summed E-state index contributed by atoms with van der Waals surface area (Å²) in [7, 11) is 0. The van der Waals surface area contributed by atoms with E-state index in [1.54, 1.807) is 26.8 Å². The molecule has 0 amide bonds. The van der Waals surface area contributed by atoms with E-state index < -0.39 is 10.5 Å². The zero-order valence-corrected chi connectivity index (χ0v) is 12.1. The summed E-state index contributed by atoms with van der Waals surface area (Å²) in [6.45, 7) is 6.87. The van der Waals surface area contributed by atoms with Crippen LogP contribution in [0, 0.1) is 35.3 Å². The number of nitrogens with two attached hydrogens (primary N) is 1. The van der Waals surface area contributed by atoms with Gasteiger partial charge in [0.15, 0.2) is 0 Å². The lowest BCUT2D eigenvalue weighted by Crippen LogP contribution is -2.38. The highest BCUT2D eigenvalue weighted by Gasteiger charge is 2.23. The number of rotatable bonds is 5. The third-order valence-corrected chi connectivity index (χ3v) is 2.99. The number of nitro benzene ring substituents is 1. The molecular formula is C14H19N3O3. The van der Waals surface area contributed by atoms with E-state index in [4.69, 9.17) is 15.7 Å². The Hall–Kier alpha value is -2.13. The van der Waals surface area contributed by atoms with Crippen molar-refractivity contribution in [2.75, 3.05) is 0 Å². The first-order chi connectivity index (χ1) is 9.16. The van der Waals surface area contributed by atoms with Crippen LogP contribution in [-0.4, -0.2) is 16.6 Å². The first-order valence-corrected chi connectivity index (χ1v) is 6.28. The number of nitrogens with zero attached hydrogens (tertiary/aromatic N) is 2. The molecule has 1 aromatic rings. The number of benzene rings is 1. The van der Waals surface area contributed by atoms with E-state index in [9.17, 15) is 10.1 Å². The minimum absolute atomic E-state index is 0.0724. The van der Waals surface area contributed by atoms with E-state index in [1.807, 2.05) is 13.0 Å². The van der Waals surface area contributed by atoms with Gasteiger partial charge in [0, 0.05) is 18.1 Å². The number of aryl methyl sites for hydroxylation is 2. The number of nitro groups is 1. The van der Waals surface area contributed by atoms with E-state index in [-0.39, 0.29) is 11.8 Å². The summed E-state index contributed by atoms with van der Waals surface area (Å²) in [5.74, 6) is 0.578. The second-order valence-corrected chi connectivity index (χ2v) is 5.32. The number of nitriles is 1. The summed E-state index contributed by atoms with van der Waals surface area (Å²) in [6, 6.07) is 5.15. The third kappa shape index (κ3) is 3.93. The Kier molecular flexibility index (Phi) is 4.69. The van der Waals surface area contributed by atoms with Gasteiger partial charge in [0.05, 0.1) is 17.1 Å². The fraction of sp³-hybridized carbons (Fsp3) is 0.500. The number of hydrogen-bond donors (Lipinski definition) is 1. The normalized spacial score (nSPS) is 15.0. The van der Waals surface area contributed by atoms with Gasteiger partial charge in [-0.05, 0) is 39.3 Å². The van der Waals surface area contributed by atoms with Crippen LogP contribution in [0.15, 0.2) is 12.1 Å². The van der Waals surface area contributed by atoms with E-state index in [0.29, 0.717) is 23.3 Å². The molecule has 0 saturated carbocycles. The largest absolute Gasteiger partial charge is 0.490 e. The van der Waals surface area contributed by atoms with Crippen molar-refractivity contribution in [3.8, 4) is 11.8 Å². The van der Waals surface area contributed by atoms with Gasteiger partial charge in [-0.15, -0.1) is 0 Å². The summed E-state index contributed by atoms with van der Waals surface area (Å²) in [5.41, 5.74) is 6.11. The van der Waals surface area contributed by atoms with Crippen LogP contribution in [0.2, 0.25) is 0 Å². The van der Waals surface area contributed by atoms with Crippen LogP contribution in [0.5, 0.6) is 5.75 Å². The average molecular weight is 277 g/mol. The Labute approximate surface area is 118 Å². The lowest BCUT2D eigenvalue weighted by atomic mass is 9.98.